The molecule has 0 fully saturated rings. The molecule has 1 aromatic carbocycles. The Balaban J connectivity index is 0.000000980. The van der Waals surface area contributed by atoms with Crippen molar-refractivity contribution in [1.29, 1.82) is 0 Å². The quantitative estimate of drug-likeness (QED) is 0.569. The minimum atomic E-state index is 0. The van der Waals surface area contributed by atoms with Crippen molar-refractivity contribution >= 4 is 64.9 Å². The van der Waals surface area contributed by atoms with Crippen LogP contribution in [0.4, 0.5) is 0 Å². The van der Waals surface area contributed by atoms with Gasteiger partial charge in [0.2, 0.25) is 0 Å². The van der Waals surface area contributed by atoms with E-state index in [-0.39, 0.29) is 25.5 Å². The predicted octanol–water partition coefficient (Wildman–Crippen LogP) is 2.82. The molecule has 0 amide bonds. The summed E-state index contributed by atoms with van der Waals surface area (Å²) in [5, 5.41) is 11.0. The van der Waals surface area contributed by atoms with E-state index in [9.17, 15) is 5.11 Å². The summed E-state index contributed by atoms with van der Waals surface area (Å²) < 4.78 is 0.716. The molecule has 0 atom stereocenters. The van der Waals surface area contributed by atoms with Gasteiger partial charge in [-0.25, -0.2) is 0 Å². The summed E-state index contributed by atoms with van der Waals surface area (Å²) in [6.45, 7) is 0. The van der Waals surface area contributed by atoms with E-state index < -0.39 is 0 Å². The summed E-state index contributed by atoms with van der Waals surface area (Å²) in [6.07, 6.45) is 1.63. The van der Waals surface area contributed by atoms with Crippen molar-refractivity contribution in [3.8, 4) is 5.75 Å². The maximum Gasteiger partial charge on any atom is 3.00 e. The molecule has 0 radical (unpaired) electrons. The molecule has 0 bridgehead atoms. The van der Waals surface area contributed by atoms with Gasteiger partial charge in [0.15, 0.2) is 5.75 Å². The molecule has 14 heavy (non-hydrogen) atoms. The molecule has 2 nitrogen and oxygen atoms in total. The van der Waals surface area contributed by atoms with Crippen molar-refractivity contribution in [3.63, 3.8) is 0 Å². The fraction of sp³-hybridized carbons (Fsp3) is 0. The van der Waals surface area contributed by atoms with E-state index in [0.29, 0.717) is 14.1 Å². The van der Waals surface area contributed by atoms with Crippen LogP contribution in [0.25, 0.3) is 10.9 Å². The number of aromatic nitrogens is 1. The Hall–Kier alpha value is 0.0864. The standard InChI is InChI=1S/C9H5ClINO.Ga/c10-6-4-7(11)9(13)8-5(6)2-1-3-12-8;/h1-4,13H;/q;+3/i;1-2. The Bertz CT molecular complexity index is 478. The third-order valence-corrected chi connectivity index (χ3v) is 2.90. The smallest absolute Gasteiger partial charge is 0.505 e. The van der Waals surface area contributed by atoms with Crippen LogP contribution in [0.3, 0.4) is 0 Å². The first-order valence-electron chi connectivity index (χ1n) is 3.62. The van der Waals surface area contributed by atoms with Crippen LogP contribution in [0, 0.1) is 3.57 Å². The number of phenolic OH excluding ortho intramolecular Hbond substituents is 1. The van der Waals surface area contributed by atoms with E-state index in [0.717, 1.165) is 5.39 Å². The summed E-state index contributed by atoms with van der Waals surface area (Å²) in [7, 11) is 0. The normalized spacial score (nSPS) is 9.86. The average molecular weight is 373 g/mol. The van der Waals surface area contributed by atoms with Gasteiger partial charge in [-0.1, -0.05) is 11.6 Å². The van der Waals surface area contributed by atoms with Crippen LogP contribution in [0.5, 0.6) is 5.75 Å². The summed E-state index contributed by atoms with van der Waals surface area (Å²) in [6, 6.07) is 5.35. The molecule has 0 aliphatic rings. The summed E-state index contributed by atoms with van der Waals surface area (Å²) in [4.78, 5) is 4.06. The van der Waals surface area contributed by atoms with Crippen molar-refractivity contribution in [2.45, 2.75) is 0 Å². The second-order valence-corrected chi connectivity index (χ2v) is 4.16. The summed E-state index contributed by atoms with van der Waals surface area (Å²) in [5.41, 5.74) is 0.555. The molecule has 0 aliphatic carbocycles. The van der Waals surface area contributed by atoms with Gasteiger partial charge in [-0.05, 0) is 40.8 Å². The minimum Gasteiger partial charge on any atom is -0.505 e. The first kappa shape index (κ1) is 12.2. The molecule has 5 heteroatoms. The van der Waals surface area contributed by atoms with E-state index in [1.165, 1.54) is 0 Å². The molecule has 1 aromatic heterocycles. The zero-order chi connectivity index (χ0) is 9.42. The summed E-state index contributed by atoms with van der Waals surface area (Å²) >= 11 is 8.00. The molecule has 2 aromatic rings. The second kappa shape index (κ2) is 4.74. The van der Waals surface area contributed by atoms with Crippen molar-refractivity contribution < 1.29 is 5.11 Å². The Morgan fingerprint density at radius 3 is 2.86 bits per heavy atom. The molecule has 0 saturated carbocycles. The number of benzene rings is 1. The molecule has 1 N–H and O–H groups in total. The molecule has 66 valence electrons. The van der Waals surface area contributed by atoms with Gasteiger partial charge in [0.25, 0.3) is 0 Å². The molecule has 1 heterocycles. The van der Waals surface area contributed by atoms with Crippen molar-refractivity contribution in [3.05, 3.63) is 33.0 Å². The van der Waals surface area contributed by atoms with Gasteiger partial charge in [0, 0.05) is 11.6 Å². The van der Waals surface area contributed by atoms with E-state index in [1.54, 1.807) is 18.3 Å². The number of halogens is 2. The molecule has 0 unspecified atom stereocenters. The summed E-state index contributed by atoms with van der Waals surface area (Å²) in [5.74, 6) is 0.195. The van der Waals surface area contributed by atoms with Gasteiger partial charge in [0.05, 0.1) is 8.59 Å². The van der Waals surface area contributed by atoms with E-state index in [1.807, 2.05) is 28.7 Å². The largest absolute Gasteiger partial charge is 3.00 e. The third-order valence-electron chi connectivity index (χ3n) is 1.77. The maximum atomic E-state index is 9.65. The monoisotopic (exact) mass is 373 g/mol. The number of aromatic hydroxyl groups is 1. The van der Waals surface area contributed by atoms with Crippen LogP contribution in [0.2, 0.25) is 5.02 Å². The van der Waals surface area contributed by atoms with Gasteiger partial charge in [0.1, 0.15) is 5.52 Å². The second-order valence-electron chi connectivity index (χ2n) is 2.59. The Morgan fingerprint density at radius 1 is 1.43 bits per heavy atom. The maximum absolute atomic E-state index is 9.65. The number of rotatable bonds is 0. The van der Waals surface area contributed by atoms with Gasteiger partial charge in [-0.2, -0.15) is 0 Å². The van der Waals surface area contributed by atoms with E-state index in [4.69, 9.17) is 11.6 Å². The van der Waals surface area contributed by atoms with E-state index >= 15 is 0 Å². The van der Waals surface area contributed by atoms with Crippen LogP contribution in [-0.2, 0) is 0 Å². The SMILES string of the molecule is Oc1c(I)cc(Cl)c2cccnc12.[68Ga+3]. The zero-order valence-electron chi connectivity index (χ0n) is 7.04. The average Bonchev–Trinajstić information content (AvgIpc) is 2.15. The van der Waals surface area contributed by atoms with Crippen molar-refractivity contribution in [2.24, 2.45) is 0 Å². The first-order chi connectivity index (χ1) is 6.20. The molecular weight excluding hydrogens is 368 g/mol. The topological polar surface area (TPSA) is 33.1 Å². The van der Waals surface area contributed by atoms with Crippen LogP contribution in [0.15, 0.2) is 24.4 Å². The Kier molecular flexibility index (Phi) is 4.11. The van der Waals surface area contributed by atoms with Crippen molar-refractivity contribution in [1.82, 2.24) is 4.98 Å². The van der Waals surface area contributed by atoms with Gasteiger partial charge in [-0.15, -0.1) is 0 Å². The predicted molar refractivity (Wildman–Crippen MR) is 66.9 cm³/mol. The fourth-order valence-corrected chi connectivity index (χ4v) is 2.17. The van der Waals surface area contributed by atoms with Gasteiger partial charge >= 0.3 is 19.8 Å². The number of hydrogen-bond acceptors (Lipinski definition) is 2. The third kappa shape index (κ3) is 2.02. The molecule has 0 spiro atoms. The number of phenols is 1. The van der Waals surface area contributed by atoms with Crippen LogP contribution in [-0.4, -0.2) is 29.9 Å². The fourth-order valence-electron chi connectivity index (χ4n) is 1.16. The zero-order valence-corrected chi connectivity index (χ0v) is 12.4. The molecule has 0 aliphatic heterocycles. The number of hydrogen-bond donors (Lipinski definition) is 1. The number of nitrogens with zero attached hydrogens (tertiary/aromatic N) is 1. The van der Waals surface area contributed by atoms with Crippen LogP contribution >= 0.6 is 34.2 Å². The van der Waals surface area contributed by atoms with Gasteiger partial charge in [-0.3, -0.25) is 4.98 Å². The minimum absolute atomic E-state index is 0. The molecular formula is C9H5ClGaINO+3. The van der Waals surface area contributed by atoms with Gasteiger partial charge < -0.3 is 5.11 Å². The Morgan fingerprint density at radius 2 is 2.14 bits per heavy atom. The van der Waals surface area contributed by atoms with Crippen LogP contribution < -0.4 is 0 Å². The Labute approximate surface area is 113 Å². The number of pyridine rings is 1. The van der Waals surface area contributed by atoms with Crippen LogP contribution in [0.1, 0.15) is 0 Å². The molecule has 2 rings (SSSR count). The first-order valence-corrected chi connectivity index (χ1v) is 5.07. The van der Waals surface area contributed by atoms with E-state index in [2.05, 4.69) is 4.98 Å². The van der Waals surface area contributed by atoms with Crippen molar-refractivity contribution in [2.75, 3.05) is 0 Å². The molecule has 0 saturated heterocycles. The number of fused-ring (bicyclic) bond motifs is 1.